The van der Waals surface area contributed by atoms with E-state index in [2.05, 4.69) is 36.5 Å². The van der Waals surface area contributed by atoms with E-state index < -0.39 is 0 Å². The zero-order valence-electron chi connectivity index (χ0n) is 16.2. The minimum atomic E-state index is -0.389. The standard InChI is InChI=1S/C24H20N2O3/c1-15-3-5-16(6-4-15)13-17-7-10-19(11-8-17)25-22(27)18-9-12-20-21(14-18)24(29)26(2)23(20)28/h3-12,14H,13H2,1-2H3,(H,25,27). The van der Waals surface area contributed by atoms with E-state index in [1.54, 1.807) is 6.07 Å². The van der Waals surface area contributed by atoms with Gasteiger partial charge in [-0.15, -0.1) is 0 Å². The molecule has 3 aromatic carbocycles. The molecule has 1 heterocycles. The Hall–Kier alpha value is -3.73. The number of fused-ring (bicyclic) bond motifs is 1. The lowest BCUT2D eigenvalue weighted by molar-refractivity contribution is 0.0693. The molecule has 0 saturated heterocycles. The number of carbonyl (C=O) groups is 3. The number of amides is 3. The van der Waals surface area contributed by atoms with Crippen molar-refractivity contribution in [2.45, 2.75) is 13.3 Å². The average Bonchev–Trinajstić information content (AvgIpc) is 2.95. The summed E-state index contributed by atoms with van der Waals surface area (Å²) < 4.78 is 0. The summed E-state index contributed by atoms with van der Waals surface area (Å²) in [7, 11) is 1.43. The molecule has 0 fully saturated rings. The zero-order chi connectivity index (χ0) is 20.5. The van der Waals surface area contributed by atoms with Gasteiger partial charge in [-0.1, -0.05) is 42.0 Å². The zero-order valence-corrected chi connectivity index (χ0v) is 16.2. The summed E-state index contributed by atoms with van der Waals surface area (Å²) in [6.07, 6.45) is 0.822. The third-order valence-corrected chi connectivity index (χ3v) is 5.09. The van der Waals surface area contributed by atoms with Crippen molar-refractivity contribution in [3.05, 3.63) is 100 Å². The van der Waals surface area contributed by atoms with Gasteiger partial charge in [0.05, 0.1) is 11.1 Å². The molecule has 0 spiro atoms. The van der Waals surface area contributed by atoms with Crippen molar-refractivity contribution in [1.29, 1.82) is 0 Å². The first-order valence-corrected chi connectivity index (χ1v) is 9.34. The van der Waals surface area contributed by atoms with Crippen LogP contribution in [0.2, 0.25) is 0 Å². The van der Waals surface area contributed by atoms with Crippen LogP contribution in [0.3, 0.4) is 0 Å². The molecule has 3 aromatic rings. The summed E-state index contributed by atoms with van der Waals surface area (Å²) in [5, 5.41) is 2.84. The molecule has 3 amide bonds. The molecule has 144 valence electrons. The summed E-state index contributed by atoms with van der Waals surface area (Å²) in [6.45, 7) is 2.06. The second-order valence-corrected chi connectivity index (χ2v) is 7.24. The lowest BCUT2D eigenvalue weighted by Crippen LogP contribution is -2.24. The minimum absolute atomic E-state index is 0.263. The molecule has 29 heavy (non-hydrogen) atoms. The highest BCUT2D eigenvalue weighted by Gasteiger charge is 2.33. The Morgan fingerprint density at radius 2 is 1.41 bits per heavy atom. The second-order valence-electron chi connectivity index (χ2n) is 7.24. The van der Waals surface area contributed by atoms with Crippen molar-refractivity contribution in [1.82, 2.24) is 4.90 Å². The van der Waals surface area contributed by atoms with Gasteiger partial charge in [-0.05, 0) is 54.8 Å². The fourth-order valence-electron chi connectivity index (χ4n) is 3.35. The monoisotopic (exact) mass is 384 g/mol. The Balaban J connectivity index is 1.46. The second kappa shape index (κ2) is 7.36. The molecule has 1 aliphatic rings. The Bertz CT molecular complexity index is 1120. The number of aryl methyl sites for hydroxylation is 1. The van der Waals surface area contributed by atoms with E-state index in [1.165, 1.54) is 30.3 Å². The number of imide groups is 1. The van der Waals surface area contributed by atoms with Crippen LogP contribution in [0.4, 0.5) is 5.69 Å². The Kier molecular flexibility index (Phi) is 4.72. The average molecular weight is 384 g/mol. The van der Waals surface area contributed by atoms with Crippen molar-refractivity contribution in [2.24, 2.45) is 0 Å². The van der Waals surface area contributed by atoms with Crippen LogP contribution >= 0.6 is 0 Å². The lowest BCUT2D eigenvalue weighted by Gasteiger charge is -2.08. The van der Waals surface area contributed by atoms with Gasteiger partial charge < -0.3 is 5.32 Å². The number of benzene rings is 3. The summed E-state index contributed by atoms with van der Waals surface area (Å²) in [5.74, 6) is -1.06. The first-order valence-electron chi connectivity index (χ1n) is 9.34. The van der Waals surface area contributed by atoms with Crippen molar-refractivity contribution in [2.75, 3.05) is 12.4 Å². The lowest BCUT2D eigenvalue weighted by atomic mass is 10.0. The van der Waals surface area contributed by atoms with Crippen LogP contribution < -0.4 is 5.32 Å². The molecule has 0 bridgehead atoms. The van der Waals surface area contributed by atoms with Crippen LogP contribution in [0.15, 0.2) is 66.7 Å². The molecule has 0 aromatic heterocycles. The Morgan fingerprint density at radius 1 is 0.828 bits per heavy atom. The van der Waals surface area contributed by atoms with Crippen LogP contribution in [0.5, 0.6) is 0 Å². The van der Waals surface area contributed by atoms with Gasteiger partial charge in [0.2, 0.25) is 0 Å². The predicted octanol–water partition coefficient (Wildman–Crippen LogP) is 4.06. The van der Waals surface area contributed by atoms with Crippen LogP contribution in [-0.4, -0.2) is 29.7 Å². The molecule has 0 saturated carbocycles. The first kappa shape index (κ1) is 18.6. The van der Waals surface area contributed by atoms with Crippen LogP contribution in [-0.2, 0) is 6.42 Å². The Labute approximate surface area is 169 Å². The smallest absolute Gasteiger partial charge is 0.261 e. The predicted molar refractivity (Wildman–Crippen MR) is 111 cm³/mol. The molecule has 4 rings (SSSR count). The topological polar surface area (TPSA) is 66.5 Å². The molecule has 5 nitrogen and oxygen atoms in total. The van der Waals surface area contributed by atoms with Crippen LogP contribution in [0.25, 0.3) is 0 Å². The van der Waals surface area contributed by atoms with E-state index >= 15 is 0 Å². The van der Waals surface area contributed by atoms with Crippen molar-refractivity contribution < 1.29 is 14.4 Å². The summed E-state index contributed by atoms with van der Waals surface area (Å²) >= 11 is 0. The van der Waals surface area contributed by atoms with Gasteiger partial charge in [0.15, 0.2) is 0 Å². The molecule has 0 atom stereocenters. The van der Waals surface area contributed by atoms with Gasteiger partial charge in [-0.2, -0.15) is 0 Å². The van der Waals surface area contributed by atoms with Gasteiger partial charge in [-0.25, -0.2) is 0 Å². The number of nitrogens with one attached hydrogen (secondary N) is 1. The summed E-state index contributed by atoms with van der Waals surface area (Å²) in [4.78, 5) is 37.7. The van der Waals surface area contributed by atoms with Crippen molar-refractivity contribution >= 4 is 23.4 Å². The number of nitrogens with zero attached hydrogens (tertiary/aromatic N) is 1. The third-order valence-electron chi connectivity index (χ3n) is 5.09. The van der Waals surface area contributed by atoms with E-state index in [9.17, 15) is 14.4 Å². The maximum absolute atomic E-state index is 12.6. The molecular formula is C24H20N2O3. The maximum atomic E-state index is 12.6. The molecule has 1 aliphatic heterocycles. The third kappa shape index (κ3) is 3.67. The number of hydrogen-bond acceptors (Lipinski definition) is 3. The van der Waals surface area contributed by atoms with Gasteiger partial charge in [0, 0.05) is 18.3 Å². The van der Waals surface area contributed by atoms with Gasteiger partial charge in [0.25, 0.3) is 17.7 Å². The normalized spacial score (nSPS) is 12.8. The number of anilines is 1. The summed E-state index contributed by atoms with van der Waals surface area (Å²) in [5.41, 5.74) is 5.21. The van der Waals surface area contributed by atoms with Gasteiger partial charge in [0.1, 0.15) is 0 Å². The fraction of sp³-hybridized carbons (Fsp3) is 0.125. The maximum Gasteiger partial charge on any atom is 0.261 e. The highest BCUT2D eigenvalue weighted by atomic mass is 16.2. The number of carbonyl (C=O) groups excluding carboxylic acids is 3. The van der Waals surface area contributed by atoms with Crippen LogP contribution in [0.1, 0.15) is 47.8 Å². The molecule has 5 heteroatoms. The molecular weight excluding hydrogens is 364 g/mol. The van der Waals surface area contributed by atoms with E-state index in [1.807, 2.05) is 24.3 Å². The largest absolute Gasteiger partial charge is 0.322 e. The quantitative estimate of drug-likeness (QED) is 0.690. The van der Waals surface area contributed by atoms with Gasteiger partial charge >= 0.3 is 0 Å². The highest BCUT2D eigenvalue weighted by molar-refractivity contribution is 6.22. The SMILES string of the molecule is Cc1ccc(Cc2ccc(NC(=O)c3ccc4c(c3)C(=O)N(C)C4=O)cc2)cc1. The van der Waals surface area contributed by atoms with Crippen LogP contribution in [0, 0.1) is 6.92 Å². The first-order chi connectivity index (χ1) is 13.9. The minimum Gasteiger partial charge on any atom is -0.322 e. The van der Waals surface area contributed by atoms with Crippen molar-refractivity contribution in [3.63, 3.8) is 0 Å². The van der Waals surface area contributed by atoms with E-state index in [4.69, 9.17) is 0 Å². The molecule has 1 N–H and O–H groups in total. The van der Waals surface area contributed by atoms with E-state index in [0.717, 1.165) is 16.9 Å². The molecule has 0 unspecified atom stereocenters. The van der Waals surface area contributed by atoms with E-state index in [-0.39, 0.29) is 23.3 Å². The van der Waals surface area contributed by atoms with Gasteiger partial charge in [-0.3, -0.25) is 19.3 Å². The summed E-state index contributed by atoms with van der Waals surface area (Å²) in [6, 6.07) is 20.7. The Morgan fingerprint density at radius 3 is 2.07 bits per heavy atom. The van der Waals surface area contributed by atoms with Crippen molar-refractivity contribution in [3.8, 4) is 0 Å². The number of rotatable bonds is 4. The number of hydrogen-bond donors (Lipinski definition) is 1. The highest BCUT2D eigenvalue weighted by Crippen LogP contribution is 2.23. The molecule has 0 aliphatic carbocycles. The molecule has 0 radical (unpaired) electrons. The van der Waals surface area contributed by atoms with E-state index in [0.29, 0.717) is 16.8 Å². The fourth-order valence-corrected chi connectivity index (χ4v) is 3.35.